The topological polar surface area (TPSA) is 0 Å². The van der Waals surface area contributed by atoms with Gasteiger partial charge in [-0.1, -0.05) is 36.4 Å². The lowest BCUT2D eigenvalue weighted by Gasteiger charge is -2.34. The number of benzene rings is 3. The molecule has 0 spiro atoms. The first-order valence-corrected chi connectivity index (χ1v) is 8.60. The molecule has 0 fully saturated rings. The van der Waals surface area contributed by atoms with Gasteiger partial charge >= 0.3 is 0 Å². The molecular weight excluding hydrogens is 461 g/mol. The highest BCUT2D eigenvalue weighted by Gasteiger charge is 2.61. The Morgan fingerprint density at radius 1 is 0.469 bits per heavy atom. The van der Waals surface area contributed by atoms with Crippen molar-refractivity contribution in [2.24, 2.45) is 0 Å². The molecule has 0 radical (unpaired) electrons. The Balaban J connectivity index is 2.45. The molecule has 170 valence electrons. The summed E-state index contributed by atoms with van der Waals surface area (Å²) >= 11 is 0. The summed E-state index contributed by atoms with van der Waals surface area (Å²) < 4.78 is 159. The van der Waals surface area contributed by atoms with E-state index in [9.17, 15) is 30.7 Å². The Labute approximate surface area is 172 Å². The normalized spacial score (nSPS) is 12.5. The van der Waals surface area contributed by atoms with E-state index in [1.165, 1.54) is 0 Å². The lowest BCUT2D eigenvalue weighted by Crippen LogP contribution is -2.39. The zero-order chi connectivity index (χ0) is 24.0. The molecule has 0 N–H and O–H groups in total. The van der Waals surface area contributed by atoms with Crippen LogP contribution >= 0.6 is 0 Å². The summed E-state index contributed by atoms with van der Waals surface area (Å²) in [6.07, 6.45) is 0. The fourth-order valence-corrected chi connectivity index (χ4v) is 3.24. The third-order valence-electron chi connectivity index (χ3n) is 4.72. The lowest BCUT2D eigenvalue weighted by molar-refractivity contribution is -0.151. The van der Waals surface area contributed by atoms with Crippen molar-refractivity contribution in [1.82, 2.24) is 0 Å². The van der Waals surface area contributed by atoms with Crippen LogP contribution in [0.15, 0.2) is 48.5 Å². The quantitative estimate of drug-likeness (QED) is 0.208. The number of alkyl halides is 4. The van der Waals surface area contributed by atoms with E-state index >= 15 is 17.6 Å². The summed E-state index contributed by atoms with van der Waals surface area (Å²) in [6, 6.07) is 4.68. The summed E-state index contributed by atoms with van der Waals surface area (Å²) in [5.74, 6) is -32.7. The second-order valence-corrected chi connectivity index (χ2v) is 6.62. The molecule has 0 aromatic heterocycles. The van der Waals surface area contributed by atoms with Crippen molar-refractivity contribution in [3.05, 3.63) is 106 Å². The van der Waals surface area contributed by atoms with Crippen LogP contribution in [0.1, 0.15) is 22.6 Å². The average Bonchev–Trinajstić information content (AvgIpc) is 2.74. The number of halogens is 11. The fraction of sp³-hybridized carbons (Fsp3) is 0.143. The minimum Gasteiger partial charge on any atom is -0.206 e. The third-order valence-corrected chi connectivity index (χ3v) is 4.72. The molecule has 0 amide bonds. The maximum atomic E-state index is 15.3. The van der Waals surface area contributed by atoms with E-state index in [0.717, 1.165) is 24.3 Å². The van der Waals surface area contributed by atoms with Gasteiger partial charge in [0.25, 0.3) is 11.8 Å². The maximum Gasteiger partial charge on any atom is 0.289 e. The second kappa shape index (κ2) is 8.10. The van der Waals surface area contributed by atoms with E-state index < -0.39 is 75.2 Å². The molecule has 0 aliphatic heterocycles. The van der Waals surface area contributed by atoms with Crippen LogP contribution in [-0.2, 0) is 11.8 Å². The summed E-state index contributed by atoms with van der Waals surface area (Å²) in [4.78, 5) is 0. The summed E-state index contributed by atoms with van der Waals surface area (Å²) in [6.45, 7) is 0. The van der Waals surface area contributed by atoms with Gasteiger partial charge in [-0.3, -0.25) is 0 Å². The first-order valence-electron chi connectivity index (χ1n) is 8.60. The predicted octanol–water partition coefficient (Wildman–Crippen LogP) is 7.33. The Hall–Kier alpha value is -3.11. The molecule has 3 rings (SSSR count). The van der Waals surface area contributed by atoms with Crippen molar-refractivity contribution in [3.63, 3.8) is 0 Å². The molecule has 0 atom stereocenters. The molecule has 0 aliphatic carbocycles. The van der Waals surface area contributed by atoms with E-state index in [2.05, 4.69) is 0 Å². The fourth-order valence-electron chi connectivity index (χ4n) is 3.24. The van der Waals surface area contributed by atoms with Crippen LogP contribution in [0.2, 0.25) is 0 Å². The second-order valence-electron chi connectivity index (χ2n) is 6.62. The summed E-state index contributed by atoms with van der Waals surface area (Å²) in [5, 5.41) is 0. The van der Waals surface area contributed by atoms with Crippen molar-refractivity contribution >= 4 is 0 Å². The SMILES string of the molecule is Fc1ccccc1C(F)(F)C(c1c(F)c(F)c(F)c(F)c1F)C(F)(F)c1ccccc1F. The molecule has 11 heteroatoms. The van der Waals surface area contributed by atoms with E-state index in [1.807, 2.05) is 0 Å². The maximum absolute atomic E-state index is 15.3. The Bertz CT molecular complexity index is 1080. The van der Waals surface area contributed by atoms with Crippen LogP contribution in [0.3, 0.4) is 0 Å². The van der Waals surface area contributed by atoms with Crippen LogP contribution < -0.4 is 0 Å². The van der Waals surface area contributed by atoms with Crippen molar-refractivity contribution in [2.45, 2.75) is 17.8 Å². The molecule has 3 aromatic rings. The molecule has 0 nitrogen and oxygen atoms in total. The van der Waals surface area contributed by atoms with Gasteiger partial charge in [0.2, 0.25) is 5.82 Å². The average molecular weight is 470 g/mol. The van der Waals surface area contributed by atoms with E-state index in [1.54, 1.807) is 0 Å². The van der Waals surface area contributed by atoms with Gasteiger partial charge in [-0.05, 0) is 12.1 Å². The van der Waals surface area contributed by atoms with Gasteiger partial charge in [-0.25, -0.2) is 48.3 Å². The molecular formula is C21H9F11. The highest BCUT2D eigenvalue weighted by Crippen LogP contribution is 2.56. The number of hydrogen-bond acceptors (Lipinski definition) is 0. The molecule has 32 heavy (non-hydrogen) atoms. The first kappa shape index (κ1) is 23.6. The van der Waals surface area contributed by atoms with Gasteiger partial charge in [-0.15, -0.1) is 0 Å². The van der Waals surface area contributed by atoms with Crippen LogP contribution in [0.25, 0.3) is 0 Å². The van der Waals surface area contributed by atoms with Gasteiger partial charge in [0, 0.05) is 5.56 Å². The smallest absolute Gasteiger partial charge is 0.206 e. The van der Waals surface area contributed by atoms with Gasteiger partial charge in [0.15, 0.2) is 23.3 Å². The standard InChI is InChI=1S/C21H9F11/c22-11-7-3-1-5-9(11)20(29,30)19(21(31,32)10-6-2-4-8-12(10)23)13-14(24)16(26)18(28)17(27)15(13)25/h1-8,19H. The minimum atomic E-state index is -5.28. The molecule has 0 heterocycles. The zero-order valence-electron chi connectivity index (χ0n) is 15.4. The number of hydrogen-bond donors (Lipinski definition) is 0. The molecule has 3 aromatic carbocycles. The number of rotatable bonds is 5. The van der Waals surface area contributed by atoms with E-state index in [4.69, 9.17) is 0 Å². The molecule has 0 aliphatic rings. The summed E-state index contributed by atoms with van der Waals surface area (Å²) in [7, 11) is 0. The third kappa shape index (κ3) is 3.59. The summed E-state index contributed by atoms with van der Waals surface area (Å²) in [5.41, 5.74) is -6.28. The molecule has 0 unspecified atom stereocenters. The Morgan fingerprint density at radius 2 is 0.781 bits per heavy atom. The van der Waals surface area contributed by atoms with Gasteiger partial charge in [-0.2, -0.15) is 0 Å². The first-order chi connectivity index (χ1) is 14.8. The van der Waals surface area contributed by atoms with Crippen molar-refractivity contribution in [1.29, 1.82) is 0 Å². The van der Waals surface area contributed by atoms with Crippen molar-refractivity contribution < 1.29 is 48.3 Å². The minimum absolute atomic E-state index is 0.284. The Kier molecular flexibility index (Phi) is 5.96. The Morgan fingerprint density at radius 3 is 1.12 bits per heavy atom. The largest absolute Gasteiger partial charge is 0.289 e. The molecule has 0 saturated heterocycles. The van der Waals surface area contributed by atoms with Crippen LogP contribution in [0.5, 0.6) is 0 Å². The van der Waals surface area contributed by atoms with Crippen LogP contribution in [0, 0.1) is 40.7 Å². The zero-order valence-corrected chi connectivity index (χ0v) is 15.4. The lowest BCUT2D eigenvalue weighted by atomic mass is 9.79. The van der Waals surface area contributed by atoms with Gasteiger partial charge < -0.3 is 0 Å². The van der Waals surface area contributed by atoms with Crippen LogP contribution in [-0.4, -0.2) is 0 Å². The van der Waals surface area contributed by atoms with E-state index in [0.29, 0.717) is 12.1 Å². The van der Waals surface area contributed by atoms with Gasteiger partial charge in [0.1, 0.15) is 17.6 Å². The van der Waals surface area contributed by atoms with Crippen LogP contribution in [0.4, 0.5) is 48.3 Å². The van der Waals surface area contributed by atoms with Crippen molar-refractivity contribution in [3.8, 4) is 0 Å². The highest BCUT2D eigenvalue weighted by molar-refractivity contribution is 5.39. The van der Waals surface area contributed by atoms with E-state index in [-0.39, 0.29) is 12.1 Å². The molecule has 0 saturated carbocycles. The molecule has 0 bridgehead atoms. The van der Waals surface area contributed by atoms with Crippen molar-refractivity contribution in [2.75, 3.05) is 0 Å². The van der Waals surface area contributed by atoms with Gasteiger partial charge in [0.05, 0.1) is 11.1 Å². The monoisotopic (exact) mass is 470 g/mol. The predicted molar refractivity (Wildman–Crippen MR) is 89.6 cm³/mol. The highest BCUT2D eigenvalue weighted by atomic mass is 19.3.